The number of nitrogens with zero attached hydrogens (tertiary/aromatic N) is 1. The van der Waals surface area contributed by atoms with Gasteiger partial charge in [-0.25, -0.2) is 0 Å². The molecule has 0 N–H and O–H groups in total. The van der Waals surface area contributed by atoms with Gasteiger partial charge in [-0.3, -0.25) is 4.79 Å². The Hall–Kier alpha value is -2.49. The maximum atomic E-state index is 13.0. The van der Waals surface area contributed by atoms with Gasteiger partial charge in [-0.15, -0.1) is 0 Å². The van der Waals surface area contributed by atoms with Crippen LogP contribution in [0.5, 0.6) is 0 Å². The fraction of sp³-hybridized carbons (Fsp3) is 0.316. The molecule has 1 atom stereocenters. The summed E-state index contributed by atoms with van der Waals surface area (Å²) in [5, 5.41) is 1.01. The molecule has 23 heavy (non-hydrogen) atoms. The molecule has 3 aromatic rings. The van der Waals surface area contributed by atoms with Crippen molar-refractivity contribution >= 4 is 16.9 Å². The monoisotopic (exact) mass is 309 g/mol. The topological polar surface area (TPSA) is 46.6 Å². The van der Waals surface area contributed by atoms with Gasteiger partial charge in [-0.2, -0.15) is 0 Å². The molecule has 0 unspecified atom stereocenters. The van der Waals surface area contributed by atoms with Crippen molar-refractivity contribution < 1.29 is 13.6 Å². The smallest absolute Gasteiger partial charge is 0.290 e. The number of likely N-dealkylation sites (tertiary alicyclic amines) is 1. The van der Waals surface area contributed by atoms with Gasteiger partial charge in [0.25, 0.3) is 5.91 Å². The SMILES string of the molecule is Cc1ccc2c(C)c(C(=O)N3CCC[C@@H]3c3ccco3)oc2c1. The molecule has 2 aromatic heterocycles. The minimum atomic E-state index is -0.0461. The molecule has 1 saturated heterocycles. The number of carbonyl (C=O) groups is 1. The van der Waals surface area contributed by atoms with E-state index in [0.717, 1.165) is 47.2 Å². The second-order valence-corrected chi connectivity index (χ2v) is 6.23. The van der Waals surface area contributed by atoms with Gasteiger partial charge in [0.15, 0.2) is 5.76 Å². The van der Waals surface area contributed by atoms with E-state index in [2.05, 4.69) is 0 Å². The second kappa shape index (κ2) is 5.30. The Balaban J connectivity index is 1.72. The summed E-state index contributed by atoms with van der Waals surface area (Å²) in [6.45, 7) is 4.71. The summed E-state index contributed by atoms with van der Waals surface area (Å²) in [5.74, 6) is 1.25. The molecule has 0 bridgehead atoms. The molecule has 0 radical (unpaired) electrons. The molecule has 0 aliphatic carbocycles. The average molecular weight is 309 g/mol. The Labute approximate surface area is 134 Å². The fourth-order valence-electron chi connectivity index (χ4n) is 3.45. The standard InChI is InChI=1S/C19H19NO3/c1-12-7-8-14-13(2)18(23-17(14)11-12)19(21)20-9-3-5-15(20)16-6-4-10-22-16/h4,6-8,10-11,15H,3,5,9H2,1-2H3/t15-/m1/s1. The third-order valence-electron chi connectivity index (χ3n) is 4.67. The van der Waals surface area contributed by atoms with E-state index in [4.69, 9.17) is 8.83 Å². The lowest BCUT2D eigenvalue weighted by Gasteiger charge is -2.22. The molecule has 1 aliphatic heterocycles. The van der Waals surface area contributed by atoms with E-state index in [-0.39, 0.29) is 11.9 Å². The van der Waals surface area contributed by atoms with Crippen LogP contribution in [0.25, 0.3) is 11.0 Å². The number of carbonyl (C=O) groups excluding carboxylic acids is 1. The van der Waals surface area contributed by atoms with E-state index in [1.165, 1.54) is 0 Å². The van der Waals surface area contributed by atoms with E-state index in [9.17, 15) is 4.79 Å². The first-order valence-electron chi connectivity index (χ1n) is 7.99. The Morgan fingerprint density at radius 1 is 1.26 bits per heavy atom. The molecule has 1 amide bonds. The largest absolute Gasteiger partial charge is 0.467 e. The predicted molar refractivity (Wildman–Crippen MR) is 87.4 cm³/mol. The summed E-state index contributed by atoms with van der Waals surface area (Å²) < 4.78 is 11.4. The summed E-state index contributed by atoms with van der Waals surface area (Å²) in [4.78, 5) is 14.9. The van der Waals surface area contributed by atoms with Crippen molar-refractivity contribution in [1.29, 1.82) is 0 Å². The van der Waals surface area contributed by atoms with Gasteiger partial charge in [0.05, 0.1) is 12.3 Å². The van der Waals surface area contributed by atoms with Crippen LogP contribution in [-0.2, 0) is 0 Å². The molecule has 1 fully saturated rings. The van der Waals surface area contributed by atoms with Crippen LogP contribution in [-0.4, -0.2) is 17.4 Å². The number of rotatable bonds is 2. The van der Waals surface area contributed by atoms with E-state index in [0.29, 0.717) is 5.76 Å². The summed E-state index contributed by atoms with van der Waals surface area (Å²) >= 11 is 0. The van der Waals surface area contributed by atoms with Crippen molar-refractivity contribution in [3.05, 3.63) is 59.2 Å². The zero-order valence-corrected chi connectivity index (χ0v) is 13.3. The summed E-state index contributed by atoms with van der Waals surface area (Å²) in [5.41, 5.74) is 2.81. The molecule has 3 heterocycles. The van der Waals surface area contributed by atoms with Crippen LogP contribution in [0.3, 0.4) is 0 Å². The second-order valence-electron chi connectivity index (χ2n) is 6.23. The minimum absolute atomic E-state index is 0.00634. The van der Waals surface area contributed by atoms with Gasteiger partial charge in [0.1, 0.15) is 11.3 Å². The van der Waals surface area contributed by atoms with Gasteiger partial charge in [0.2, 0.25) is 0 Å². The third kappa shape index (κ3) is 2.25. The maximum absolute atomic E-state index is 13.0. The van der Waals surface area contributed by atoms with Crippen LogP contribution in [0.15, 0.2) is 45.4 Å². The number of hydrogen-bond acceptors (Lipinski definition) is 3. The van der Waals surface area contributed by atoms with Crippen molar-refractivity contribution in [2.75, 3.05) is 6.54 Å². The van der Waals surface area contributed by atoms with Crippen LogP contribution in [0.2, 0.25) is 0 Å². The van der Waals surface area contributed by atoms with Crippen LogP contribution >= 0.6 is 0 Å². The Bertz CT molecular complexity index is 860. The van der Waals surface area contributed by atoms with Crippen LogP contribution in [0, 0.1) is 13.8 Å². The molecule has 1 aliphatic rings. The lowest BCUT2D eigenvalue weighted by molar-refractivity contribution is 0.0689. The molecule has 0 saturated carbocycles. The van der Waals surface area contributed by atoms with Crippen LogP contribution < -0.4 is 0 Å². The lowest BCUT2D eigenvalue weighted by Crippen LogP contribution is -2.30. The van der Waals surface area contributed by atoms with Gasteiger partial charge in [0, 0.05) is 17.5 Å². The Morgan fingerprint density at radius 3 is 2.91 bits per heavy atom. The number of amides is 1. The first-order chi connectivity index (χ1) is 11.1. The number of aryl methyl sites for hydroxylation is 2. The van der Waals surface area contributed by atoms with Crippen molar-refractivity contribution in [3.8, 4) is 0 Å². The van der Waals surface area contributed by atoms with Crippen molar-refractivity contribution in [1.82, 2.24) is 4.90 Å². The molecular weight excluding hydrogens is 290 g/mol. The first-order valence-corrected chi connectivity index (χ1v) is 7.99. The number of furan rings is 2. The number of fused-ring (bicyclic) bond motifs is 1. The van der Waals surface area contributed by atoms with Crippen LogP contribution in [0.1, 0.15) is 46.3 Å². The average Bonchev–Trinajstić information content (AvgIpc) is 3.25. The Morgan fingerprint density at radius 2 is 2.13 bits per heavy atom. The lowest BCUT2D eigenvalue weighted by atomic mass is 10.1. The van der Waals surface area contributed by atoms with Crippen molar-refractivity contribution in [2.24, 2.45) is 0 Å². The molecular formula is C19H19NO3. The number of benzene rings is 1. The Kier molecular flexibility index (Phi) is 3.26. The summed E-state index contributed by atoms with van der Waals surface area (Å²) in [6.07, 6.45) is 3.57. The fourth-order valence-corrected chi connectivity index (χ4v) is 3.45. The van der Waals surface area contributed by atoms with E-state index < -0.39 is 0 Å². The predicted octanol–water partition coefficient (Wildman–Crippen LogP) is 4.62. The first kappa shape index (κ1) is 14.1. The maximum Gasteiger partial charge on any atom is 0.290 e. The molecule has 4 rings (SSSR count). The van der Waals surface area contributed by atoms with E-state index in [1.54, 1.807) is 6.26 Å². The highest BCUT2D eigenvalue weighted by Crippen LogP contribution is 2.35. The van der Waals surface area contributed by atoms with Crippen LogP contribution in [0.4, 0.5) is 0 Å². The number of hydrogen-bond donors (Lipinski definition) is 0. The molecule has 1 aromatic carbocycles. The highest BCUT2D eigenvalue weighted by molar-refractivity contribution is 5.99. The van der Waals surface area contributed by atoms with E-state index in [1.807, 2.05) is 49.1 Å². The highest BCUT2D eigenvalue weighted by atomic mass is 16.3. The van der Waals surface area contributed by atoms with Gasteiger partial charge in [-0.05, 0) is 50.5 Å². The van der Waals surface area contributed by atoms with Gasteiger partial charge < -0.3 is 13.7 Å². The molecule has 4 heteroatoms. The highest BCUT2D eigenvalue weighted by Gasteiger charge is 2.34. The normalized spacial score (nSPS) is 18.0. The zero-order chi connectivity index (χ0) is 16.0. The molecule has 4 nitrogen and oxygen atoms in total. The van der Waals surface area contributed by atoms with Crippen molar-refractivity contribution in [2.45, 2.75) is 32.7 Å². The summed E-state index contributed by atoms with van der Waals surface area (Å²) in [7, 11) is 0. The van der Waals surface area contributed by atoms with Crippen molar-refractivity contribution in [3.63, 3.8) is 0 Å². The molecule has 0 spiro atoms. The zero-order valence-electron chi connectivity index (χ0n) is 13.3. The third-order valence-corrected chi connectivity index (χ3v) is 4.67. The summed E-state index contributed by atoms with van der Waals surface area (Å²) in [6, 6.07) is 9.85. The van der Waals surface area contributed by atoms with E-state index >= 15 is 0 Å². The van der Waals surface area contributed by atoms with Gasteiger partial charge in [-0.1, -0.05) is 12.1 Å². The molecule has 118 valence electrons. The quantitative estimate of drug-likeness (QED) is 0.694. The minimum Gasteiger partial charge on any atom is -0.467 e. The van der Waals surface area contributed by atoms with Gasteiger partial charge >= 0.3 is 0 Å².